The van der Waals surface area contributed by atoms with E-state index in [0.29, 0.717) is 6.42 Å². The molecule has 0 fully saturated rings. The number of nitrogens with zero attached hydrogens (tertiary/aromatic N) is 1. The Morgan fingerprint density at radius 1 is 1.53 bits per heavy atom. The molecule has 1 unspecified atom stereocenters. The number of aliphatic carboxylic acids is 1. The number of benzene rings is 1. The Hall–Kier alpha value is -1.29. The molecule has 1 aromatic heterocycles. The number of hydrogen-bond acceptors (Lipinski definition) is 1. The normalized spacial score (nSPS) is 12.9. The van der Waals surface area contributed by atoms with Crippen molar-refractivity contribution >= 4 is 32.8 Å². The molecule has 0 radical (unpaired) electrons. The first kappa shape index (κ1) is 12.2. The Bertz CT molecular complexity index is 574. The molecular formula is C13H14BrNO2. The first-order chi connectivity index (χ1) is 8.00. The maximum Gasteiger partial charge on any atom is 0.306 e. The zero-order chi connectivity index (χ0) is 12.6. The maximum atomic E-state index is 10.9. The van der Waals surface area contributed by atoms with E-state index in [4.69, 9.17) is 5.11 Å². The quantitative estimate of drug-likeness (QED) is 0.945. The highest BCUT2D eigenvalue weighted by molar-refractivity contribution is 9.10. The standard InChI is InChI=1S/C13H14BrNO2/c1-8(13(16)17)6-9-4-3-5-10-11(14)7-15(2)12(9)10/h3-5,7-8H,6H2,1-2H3,(H,16,17). The van der Waals surface area contributed by atoms with E-state index >= 15 is 0 Å². The van der Waals surface area contributed by atoms with Gasteiger partial charge < -0.3 is 9.67 Å². The minimum atomic E-state index is -0.754. The topological polar surface area (TPSA) is 42.2 Å². The summed E-state index contributed by atoms with van der Waals surface area (Å²) in [7, 11) is 1.97. The van der Waals surface area contributed by atoms with Gasteiger partial charge in [0.15, 0.2) is 0 Å². The number of rotatable bonds is 3. The molecule has 90 valence electrons. The van der Waals surface area contributed by atoms with Crippen molar-refractivity contribution in [2.24, 2.45) is 13.0 Å². The molecule has 0 aliphatic rings. The molecule has 0 aliphatic carbocycles. The van der Waals surface area contributed by atoms with Gasteiger partial charge in [0.2, 0.25) is 0 Å². The minimum absolute atomic E-state index is 0.366. The lowest BCUT2D eigenvalue weighted by atomic mass is 9.99. The van der Waals surface area contributed by atoms with Crippen molar-refractivity contribution in [3.63, 3.8) is 0 Å². The summed E-state index contributed by atoms with van der Waals surface area (Å²) in [5.74, 6) is -1.12. The van der Waals surface area contributed by atoms with Crippen LogP contribution in [0.15, 0.2) is 28.9 Å². The smallest absolute Gasteiger partial charge is 0.306 e. The van der Waals surface area contributed by atoms with Gasteiger partial charge in [-0.2, -0.15) is 0 Å². The second-order valence-electron chi connectivity index (χ2n) is 4.34. The van der Waals surface area contributed by atoms with Crippen LogP contribution in [0.25, 0.3) is 10.9 Å². The third-order valence-electron chi connectivity index (χ3n) is 2.98. The lowest BCUT2D eigenvalue weighted by Crippen LogP contribution is -2.12. The van der Waals surface area contributed by atoms with E-state index in [1.807, 2.05) is 36.0 Å². The Morgan fingerprint density at radius 3 is 2.88 bits per heavy atom. The summed E-state index contributed by atoms with van der Waals surface area (Å²) < 4.78 is 3.07. The maximum absolute atomic E-state index is 10.9. The Morgan fingerprint density at radius 2 is 2.24 bits per heavy atom. The first-order valence-electron chi connectivity index (χ1n) is 5.46. The molecule has 0 spiro atoms. The van der Waals surface area contributed by atoms with Crippen molar-refractivity contribution in [2.75, 3.05) is 0 Å². The van der Waals surface area contributed by atoms with E-state index in [1.165, 1.54) is 0 Å². The van der Waals surface area contributed by atoms with Crippen LogP contribution in [0, 0.1) is 5.92 Å². The SMILES string of the molecule is CC(Cc1cccc2c(Br)cn(C)c12)C(=O)O. The highest BCUT2D eigenvalue weighted by Crippen LogP contribution is 2.29. The molecule has 2 rings (SSSR count). The van der Waals surface area contributed by atoms with Gasteiger partial charge in [-0.3, -0.25) is 4.79 Å². The van der Waals surface area contributed by atoms with Crippen LogP contribution in [0.3, 0.4) is 0 Å². The third kappa shape index (κ3) is 2.22. The zero-order valence-corrected chi connectivity index (χ0v) is 11.4. The minimum Gasteiger partial charge on any atom is -0.481 e. The number of fused-ring (bicyclic) bond motifs is 1. The molecule has 0 bridgehead atoms. The lowest BCUT2D eigenvalue weighted by molar-refractivity contribution is -0.141. The van der Waals surface area contributed by atoms with Crippen molar-refractivity contribution < 1.29 is 9.90 Å². The Kier molecular flexibility index (Phi) is 3.24. The van der Waals surface area contributed by atoms with Gasteiger partial charge in [0, 0.05) is 23.1 Å². The van der Waals surface area contributed by atoms with Gasteiger partial charge in [-0.15, -0.1) is 0 Å². The monoisotopic (exact) mass is 295 g/mol. The number of hydrogen-bond donors (Lipinski definition) is 1. The predicted octanol–water partition coefficient (Wildman–Crippen LogP) is 3.20. The Labute approximate surface area is 108 Å². The van der Waals surface area contributed by atoms with Gasteiger partial charge in [0.25, 0.3) is 0 Å². The van der Waals surface area contributed by atoms with E-state index in [1.54, 1.807) is 6.92 Å². The van der Waals surface area contributed by atoms with Crippen LogP contribution in [-0.4, -0.2) is 15.6 Å². The van der Waals surface area contributed by atoms with Crippen LogP contribution in [0.2, 0.25) is 0 Å². The van der Waals surface area contributed by atoms with Crippen molar-refractivity contribution in [1.29, 1.82) is 0 Å². The first-order valence-corrected chi connectivity index (χ1v) is 6.25. The molecule has 0 amide bonds. The number of aromatic nitrogens is 1. The van der Waals surface area contributed by atoms with Crippen LogP contribution >= 0.6 is 15.9 Å². The van der Waals surface area contributed by atoms with Gasteiger partial charge in [-0.05, 0) is 27.9 Å². The lowest BCUT2D eigenvalue weighted by Gasteiger charge is -2.09. The molecule has 3 nitrogen and oxygen atoms in total. The van der Waals surface area contributed by atoms with Crippen molar-refractivity contribution in [2.45, 2.75) is 13.3 Å². The third-order valence-corrected chi connectivity index (χ3v) is 3.62. The largest absolute Gasteiger partial charge is 0.481 e. The van der Waals surface area contributed by atoms with E-state index in [9.17, 15) is 4.79 Å². The van der Waals surface area contributed by atoms with Crippen molar-refractivity contribution in [3.05, 3.63) is 34.4 Å². The van der Waals surface area contributed by atoms with Crippen LogP contribution in [0.1, 0.15) is 12.5 Å². The molecule has 1 aromatic carbocycles. The molecule has 0 saturated heterocycles. The fourth-order valence-electron chi connectivity index (χ4n) is 2.09. The average Bonchev–Trinajstić information content (AvgIpc) is 2.55. The summed E-state index contributed by atoms with van der Waals surface area (Å²) in [6.07, 6.45) is 2.55. The van der Waals surface area contributed by atoms with Gasteiger partial charge in [-0.25, -0.2) is 0 Å². The number of carbonyl (C=O) groups is 1. The van der Waals surface area contributed by atoms with Gasteiger partial charge >= 0.3 is 5.97 Å². The molecule has 1 N–H and O–H groups in total. The van der Waals surface area contributed by atoms with Crippen LogP contribution in [-0.2, 0) is 18.3 Å². The molecule has 0 saturated carbocycles. The number of aryl methyl sites for hydroxylation is 1. The summed E-state index contributed by atoms with van der Waals surface area (Å²) in [5.41, 5.74) is 2.18. The molecule has 1 atom stereocenters. The average molecular weight is 296 g/mol. The van der Waals surface area contributed by atoms with Crippen LogP contribution in [0.4, 0.5) is 0 Å². The fraction of sp³-hybridized carbons (Fsp3) is 0.308. The number of para-hydroxylation sites is 1. The fourth-order valence-corrected chi connectivity index (χ4v) is 2.71. The van der Waals surface area contributed by atoms with Crippen molar-refractivity contribution in [3.8, 4) is 0 Å². The van der Waals surface area contributed by atoms with E-state index in [-0.39, 0.29) is 5.92 Å². The predicted molar refractivity (Wildman–Crippen MR) is 71.1 cm³/mol. The second-order valence-corrected chi connectivity index (χ2v) is 5.20. The molecule has 0 aliphatic heterocycles. The van der Waals surface area contributed by atoms with E-state index < -0.39 is 5.97 Å². The van der Waals surface area contributed by atoms with Gasteiger partial charge in [0.05, 0.1) is 11.4 Å². The number of carboxylic acid groups (broad SMARTS) is 1. The molecular weight excluding hydrogens is 282 g/mol. The van der Waals surface area contributed by atoms with Gasteiger partial charge in [-0.1, -0.05) is 25.1 Å². The number of carboxylic acids is 1. The van der Waals surface area contributed by atoms with E-state index in [2.05, 4.69) is 15.9 Å². The molecule has 2 aromatic rings. The Balaban J connectivity index is 2.51. The summed E-state index contributed by atoms with van der Waals surface area (Å²) >= 11 is 3.51. The molecule has 17 heavy (non-hydrogen) atoms. The molecule has 1 heterocycles. The molecule has 4 heteroatoms. The highest BCUT2D eigenvalue weighted by atomic mass is 79.9. The summed E-state index contributed by atoms with van der Waals surface area (Å²) in [5, 5.41) is 10.1. The highest BCUT2D eigenvalue weighted by Gasteiger charge is 2.15. The van der Waals surface area contributed by atoms with Crippen LogP contribution in [0.5, 0.6) is 0 Å². The summed E-state index contributed by atoms with van der Waals surface area (Å²) in [6.45, 7) is 1.74. The van der Waals surface area contributed by atoms with Gasteiger partial charge in [0.1, 0.15) is 0 Å². The number of halogens is 1. The van der Waals surface area contributed by atoms with Crippen LogP contribution < -0.4 is 0 Å². The van der Waals surface area contributed by atoms with Crippen molar-refractivity contribution in [1.82, 2.24) is 4.57 Å². The second kappa shape index (κ2) is 4.53. The summed E-state index contributed by atoms with van der Waals surface area (Å²) in [6, 6.07) is 6.00. The van der Waals surface area contributed by atoms with E-state index in [0.717, 1.165) is 20.9 Å². The zero-order valence-electron chi connectivity index (χ0n) is 9.77. The summed E-state index contributed by atoms with van der Waals surface area (Å²) in [4.78, 5) is 10.9.